The molecule has 0 bridgehead atoms. The molecule has 0 spiro atoms. The number of anilines is 1. The normalized spacial score (nSPS) is 23.7. The Hall–Kier alpha value is -1.01. The SMILES string of the molecule is CC1(CNc2cc(Cl)nc3ncnn23)CCCS1. The summed E-state index contributed by atoms with van der Waals surface area (Å²) in [7, 11) is 0. The van der Waals surface area contributed by atoms with Gasteiger partial charge in [0.1, 0.15) is 17.3 Å². The van der Waals surface area contributed by atoms with E-state index in [1.165, 1.54) is 24.9 Å². The van der Waals surface area contributed by atoms with Crippen LogP contribution in [0.4, 0.5) is 5.82 Å². The number of fused-ring (bicyclic) bond motifs is 1. The Morgan fingerprint density at radius 1 is 1.61 bits per heavy atom. The number of halogens is 1. The molecule has 1 unspecified atom stereocenters. The van der Waals surface area contributed by atoms with E-state index in [0.717, 1.165) is 12.4 Å². The molecular weight excluding hydrogens is 270 g/mol. The number of hydrogen-bond donors (Lipinski definition) is 1. The van der Waals surface area contributed by atoms with Crippen LogP contribution in [0.15, 0.2) is 12.4 Å². The number of nitrogens with zero attached hydrogens (tertiary/aromatic N) is 4. The summed E-state index contributed by atoms with van der Waals surface area (Å²) in [6, 6.07) is 1.78. The van der Waals surface area contributed by atoms with Crippen molar-refractivity contribution in [1.82, 2.24) is 19.6 Å². The number of thioether (sulfide) groups is 1. The maximum absolute atomic E-state index is 5.97. The summed E-state index contributed by atoms with van der Waals surface area (Å²) in [6.45, 7) is 3.19. The van der Waals surface area contributed by atoms with Gasteiger partial charge in [-0.05, 0) is 25.5 Å². The van der Waals surface area contributed by atoms with E-state index >= 15 is 0 Å². The molecule has 0 aliphatic carbocycles. The molecule has 5 nitrogen and oxygen atoms in total. The van der Waals surface area contributed by atoms with E-state index < -0.39 is 0 Å². The van der Waals surface area contributed by atoms with E-state index in [4.69, 9.17) is 11.6 Å². The lowest BCUT2D eigenvalue weighted by atomic mass is 10.1. The Balaban J connectivity index is 1.83. The van der Waals surface area contributed by atoms with Crippen LogP contribution in [0.25, 0.3) is 5.78 Å². The molecule has 2 aromatic rings. The topological polar surface area (TPSA) is 55.1 Å². The quantitative estimate of drug-likeness (QED) is 0.877. The Morgan fingerprint density at radius 3 is 3.28 bits per heavy atom. The fourth-order valence-corrected chi connectivity index (χ4v) is 3.59. The predicted molar refractivity (Wildman–Crippen MR) is 74.4 cm³/mol. The minimum atomic E-state index is 0.294. The van der Waals surface area contributed by atoms with Crippen molar-refractivity contribution in [2.24, 2.45) is 0 Å². The molecule has 0 radical (unpaired) electrons. The molecule has 1 atom stereocenters. The average Bonchev–Trinajstić information content (AvgIpc) is 2.95. The van der Waals surface area contributed by atoms with E-state index in [0.29, 0.717) is 15.7 Å². The first-order valence-corrected chi connectivity index (χ1v) is 7.27. The monoisotopic (exact) mass is 283 g/mol. The minimum absolute atomic E-state index is 0.294. The fraction of sp³-hybridized carbons (Fsp3) is 0.545. The smallest absolute Gasteiger partial charge is 0.255 e. The second kappa shape index (κ2) is 4.59. The van der Waals surface area contributed by atoms with Gasteiger partial charge in [0.05, 0.1) is 0 Å². The van der Waals surface area contributed by atoms with Crippen molar-refractivity contribution in [3.05, 3.63) is 17.5 Å². The van der Waals surface area contributed by atoms with Gasteiger partial charge in [-0.3, -0.25) is 0 Å². The molecule has 96 valence electrons. The summed E-state index contributed by atoms with van der Waals surface area (Å²) in [6.07, 6.45) is 4.01. The number of hydrogen-bond acceptors (Lipinski definition) is 5. The molecule has 1 saturated heterocycles. The van der Waals surface area contributed by atoms with Crippen LogP contribution in [0.1, 0.15) is 19.8 Å². The van der Waals surface area contributed by atoms with Gasteiger partial charge < -0.3 is 5.32 Å². The van der Waals surface area contributed by atoms with Crippen molar-refractivity contribution < 1.29 is 0 Å². The first kappa shape index (κ1) is 12.0. The van der Waals surface area contributed by atoms with Gasteiger partial charge in [-0.2, -0.15) is 31.3 Å². The molecule has 1 N–H and O–H groups in total. The van der Waals surface area contributed by atoms with Gasteiger partial charge in [-0.1, -0.05) is 11.6 Å². The Morgan fingerprint density at radius 2 is 2.50 bits per heavy atom. The second-order valence-electron chi connectivity index (χ2n) is 4.69. The Bertz CT molecular complexity index is 564. The van der Waals surface area contributed by atoms with Gasteiger partial charge in [0.2, 0.25) is 0 Å². The van der Waals surface area contributed by atoms with Gasteiger partial charge in [0.25, 0.3) is 5.78 Å². The van der Waals surface area contributed by atoms with E-state index in [-0.39, 0.29) is 0 Å². The predicted octanol–water partition coefficient (Wildman–Crippen LogP) is 2.48. The van der Waals surface area contributed by atoms with Crippen LogP contribution in [-0.2, 0) is 0 Å². The van der Waals surface area contributed by atoms with Crippen LogP contribution in [0.2, 0.25) is 5.15 Å². The lowest BCUT2D eigenvalue weighted by Gasteiger charge is -2.23. The summed E-state index contributed by atoms with van der Waals surface area (Å²) in [5, 5.41) is 7.99. The molecule has 3 heterocycles. The third kappa shape index (κ3) is 2.27. The van der Waals surface area contributed by atoms with Gasteiger partial charge in [-0.25, -0.2) is 0 Å². The summed E-state index contributed by atoms with van der Waals surface area (Å²) in [4.78, 5) is 8.15. The highest BCUT2D eigenvalue weighted by Gasteiger charge is 2.29. The molecule has 18 heavy (non-hydrogen) atoms. The molecule has 1 fully saturated rings. The summed E-state index contributed by atoms with van der Waals surface area (Å²) in [5.41, 5.74) is 0. The highest BCUT2D eigenvalue weighted by atomic mass is 35.5. The van der Waals surface area contributed by atoms with Gasteiger partial charge >= 0.3 is 0 Å². The van der Waals surface area contributed by atoms with Crippen molar-refractivity contribution in [3.63, 3.8) is 0 Å². The molecule has 1 aliphatic heterocycles. The fourth-order valence-electron chi connectivity index (χ4n) is 2.16. The molecule has 2 aromatic heterocycles. The van der Waals surface area contributed by atoms with Crippen LogP contribution in [0, 0.1) is 0 Å². The largest absolute Gasteiger partial charge is 0.368 e. The zero-order valence-corrected chi connectivity index (χ0v) is 11.6. The number of aromatic nitrogens is 4. The number of rotatable bonds is 3. The highest BCUT2D eigenvalue weighted by molar-refractivity contribution is 8.00. The maximum Gasteiger partial charge on any atom is 0.255 e. The molecule has 0 saturated carbocycles. The third-order valence-corrected chi connectivity index (χ3v) is 4.90. The summed E-state index contributed by atoms with van der Waals surface area (Å²) >= 11 is 7.99. The highest BCUT2D eigenvalue weighted by Crippen LogP contribution is 2.37. The van der Waals surface area contributed by atoms with Crippen molar-refractivity contribution in [3.8, 4) is 0 Å². The number of nitrogens with one attached hydrogen (secondary N) is 1. The maximum atomic E-state index is 5.97. The minimum Gasteiger partial charge on any atom is -0.368 e. The third-order valence-electron chi connectivity index (χ3n) is 3.16. The first-order valence-electron chi connectivity index (χ1n) is 5.90. The Kier molecular flexibility index (Phi) is 3.07. The standard InChI is InChI=1S/C11H14ClN5S/c1-11(3-2-4-18-11)6-13-9-5-8(12)16-10-14-7-15-17(9)10/h5,7,13H,2-4,6H2,1H3. The summed E-state index contributed by atoms with van der Waals surface area (Å²) < 4.78 is 1.97. The van der Waals surface area contributed by atoms with Gasteiger partial charge in [0, 0.05) is 17.4 Å². The zero-order chi connectivity index (χ0) is 12.6. The van der Waals surface area contributed by atoms with E-state index in [1.807, 2.05) is 11.8 Å². The van der Waals surface area contributed by atoms with Crippen LogP contribution in [-0.4, -0.2) is 36.6 Å². The molecule has 1 aliphatic rings. The molecule has 0 amide bonds. The van der Waals surface area contributed by atoms with E-state index in [1.54, 1.807) is 10.6 Å². The zero-order valence-electron chi connectivity index (χ0n) is 10.1. The van der Waals surface area contributed by atoms with E-state index in [9.17, 15) is 0 Å². The van der Waals surface area contributed by atoms with Crippen molar-refractivity contribution in [2.75, 3.05) is 17.6 Å². The van der Waals surface area contributed by atoms with Crippen LogP contribution >= 0.6 is 23.4 Å². The van der Waals surface area contributed by atoms with Crippen molar-refractivity contribution >= 4 is 35.0 Å². The second-order valence-corrected chi connectivity index (χ2v) is 6.76. The molecule has 3 rings (SSSR count). The molecular formula is C11H14ClN5S. The molecule has 7 heteroatoms. The molecule has 0 aromatic carbocycles. The van der Waals surface area contributed by atoms with Gasteiger partial charge in [-0.15, -0.1) is 0 Å². The van der Waals surface area contributed by atoms with Crippen LogP contribution in [0.3, 0.4) is 0 Å². The average molecular weight is 284 g/mol. The Labute approximate surface area is 114 Å². The summed E-state index contributed by atoms with van der Waals surface area (Å²) in [5.74, 6) is 2.61. The van der Waals surface area contributed by atoms with Crippen molar-refractivity contribution in [1.29, 1.82) is 0 Å². The van der Waals surface area contributed by atoms with Crippen LogP contribution in [0.5, 0.6) is 0 Å². The van der Waals surface area contributed by atoms with E-state index in [2.05, 4.69) is 27.3 Å². The lowest BCUT2D eigenvalue weighted by Crippen LogP contribution is -2.27. The first-order chi connectivity index (χ1) is 8.66. The van der Waals surface area contributed by atoms with Gasteiger partial charge in [0.15, 0.2) is 0 Å². The lowest BCUT2D eigenvalue weighted by molar-refractivity contribution is 0.632. The van der Waals surface area contributed by atoms with Crippen molar-refractivity contribution in [2.45, 2.75) is 24.5 Å². The van der Waals surface area contributed by atoms with Crippen LogP contribution < -0.4 is 5.32 Å².